The molecule has 96 valence electrons. The summed E-state index contributed by atoms with van der Waals surface area (Å²) < 4.78 is 37.1. The summed E-state index contributed by atoms with van der Waals surface area (Å²) in [6.45, 7) is 3.26. The SMILES string of the molecule is CC1CCN(c2nnc(C(F)(F)F)s2)CC1N. The highest BCUT2D eigenvalue weighted by Crippen LogP contribution is 2.35. The van der Waals surface area contributed by atoms with Gasteiger partial charge in [0.25, 0.3) is 0 Å². The molecule has 0 amide bonds. The number of piperidine rings is 1. The van der Waals surface area contributed by atoms with Crippen LogP contribution in [0.4, 0.5) is 18.3 Å². The van der Waals surface area contributed by atoms with Crippen LogP contribution in [0.3, 0.4) is 0 Å². The van der Waals surface area contributed by atoms with Crippen molar-refractivity contribution in [1.29, 1.82) is 0 Å². The number of hydrogen-bond donors (Lipinski definition) is 1. The first kappa shape index (κ1) is 12.6. The van der Waals surface area contributed by atoms with Crippen LogP contribution < -0.4 is 10.6 Å². The third kappa shape index (κ3) is 2.68. The van der Waals surface area contributed by atoms with Gasteiger partial charge >= 0.3 is 6.18 Å². The van der Waals surface area contributed by atoms with Crippen LogP contribution in [0.2, 0.25) is 0 Å². The van der Waals surface area contributed by atoms with E-state index < -0.39 is 11.2 Å². The van der Waals surface area contributed by atoms with Crippen LogP contribution >= 0.6 is 11.3 Å². The molecular weight excluding hydrogens is 253 g/mol. The number of rotatable bonds is 1. The van der Waals surface area contributed by atoms with Gasteiger partial charge in [-0.25, -0.2) is 0 Å². The quantitative estimate of drug-likeness (QED) is 0.841. The largest absolute Gasteiger partial charge is 0.445 e. The van der Waals surface area contributed by atoms with Crippen LogP contribution in [0.25, 0.3) is 0 Å². The van der Waals surface area contributed by atoms with Crippen molar-refractivity contribution in [3.8, 4) is 0 Å². The van der Waals surface area contributed by atoms with E-state index in [1.165, 1.54) is 0 Å². The van der Waals surface area contributed by atoms with E-state index in [9.17, 15) is 13.2 Å². The number of nitrogens with two attached hydrogens (primary N) is 1. The summed E-state index contributed by atoms with van der Waals surface area (Å²) in [7, 11) is 0. The molecule has 1 fully saturated rings. The van der Waals surface area contributed by atoms with Gasteiger partial charge in [-0.2, -0.15) is 13.2 Å². The Kier molecular flexibility index (Phi) is 3.26. The standard InChI is InChI=1S/C9H13F3N4S/c1-5-2-3-16(4-6(5)13)8-15-14-7(17-8)9(10,11)12/h5-6H,2-4,13H2,1H3. The molecule has 1 aromatic heterocycles. The lowest BCUT2D eigenvalue weighted by Gasteiger charge is -2.34. The minimum atomic E-state index is -4.42. The van der Waals surface area contributed by atoms with Gasteiger partial charge < -0.3 is 10.6 Å². The second-order valence-electron chi connectivity index (χ2n) is 4.26. The molecule has 1 aliphatic rings. The summed E-state index contributed by atoms with van der Waals surface area (Å²) in [4.78, 5) is 1.78. The summed E-state index contributed by atoms with van der Waals surface area (Å²) in [6.07, 6.45) is -3.55. The maximum atomic E-state index is 12.4. The molecule has 8 heteroatoms. The molecule has 1 aromatic rings. The third-order valence-corrected chi connectivity index (χ3v) is 3.97. The lowest BCUT2D eigenvalue weighted by atomic mass is 9.95. The Morgan fingerprint density at radius 3 is 2.65 bits per heavy atom. The zero-order valence-electron chi connectivity index (χ0n) is 9.24. The molecular formula is C9H13F3N4S. The summed E-state index contributed by atoms with van der Waals surface area (Å²) >= 11 is 0.573. The van der Waals surface area contributed by atoms with E-state index in [4.69, 9.17) is 5.73 Å². The number of anilines is 1. The van der Waals surface area contributed by atoms with Crippen LogP contribution in [0.15, 0.2) is 0 Å². The first-order valence-electron chi connectivity index (χ1n) is 5.29. The molecule has 1 aliphatic heterocycles. The average Bonchev–Trinajstić information content (AvgIpc) is 2.70. The zero-order valence-corrected chi connectivity index (χ0v) is 10.1. The number of alkyl halides is 3. The van der Waals surface area contributed by atoms with Gasteiger partial charge in [-0.05, 0) is 12.3 Å². The van der Waals surface area contributed by atoms with Crippen LogP contribution in [-0.2, 0) is 6.18 Å². The summed E-state index contributed by atoms with van der Waals surface area (Å²) in [5.41, 5.74) is 5.89. The Hall–Kier alpha value is -0.890. The van der Waals surface area contributed by atoms with Gasteiger partial charge in [0.1, 0.15) is 0 Å². The molecule has 2 unspecified atom stereocenters. The Morgan fingerprint density at radius 2 is 2.12 bits per heavy atom. The first-order chi connectivity index (χ1) is 7.88. The number of aromatic nitrogens is 2. The van der Waals surface area contributed by atoms with Crippen LogP contribution in [-0.4, -0.2) is 29.3 Å². The van der Waals surface area contributed by atoms with Gasteiger partial charge in [0.05, 0.1) is 0 Å². The predicted molar refractivity (Wildman–Crippen MR) is 58.9 cm³/mol. The smallest absolute Gasteiger partial charge is 0.345 e. The van der Waals surface area contributed by atoms with Crippen LogP contribution in [0, 0.1) is 5.92 Å². The molecule has 0 aliphatic carbocycles. The molecule has 2 heterocycles. The lowest BCUT2D eigenvalue weighted by molar-refractivity contribution is -0.138. The molecule has 2 N–H and O–H groups in total. The Morgan fingerprint density at radius 1 is 1.41 bits per heavy atom. The van der Waals surface area contributed by atoms with Crippen LogP contribution in [0.1, 0.15) is 18.4 Å². The van der Waals surface area contributed by atoms with E-state index in [2.05, 4.69) is 10.2 Å². The maximum absolute atomic E-state index is 12.4. The lowest BCUT2D eigenvalue weighted by Crippen LogP contribution is -2.47. The van der Waals surface area contributed by atoms with Gasteiger partial charge in [-0.3, -0.25) is 0 Å². The molecule has 2 rings (SSSR count). The van der Waals surface area contributed by atoms with Gasteiger partial charge in [0.2, 0.25) is 10.1 Å². The zero-order chi connectivity index (χ0) is 12.6. The third-order valence-electron chi connectivity index (χ3n) is 2.94. The van der Waals surface area contributed by atoms with Crippen molar-refractivity contribution in [3.05, 3.63) is 5.01 Å². The molecule has 4 nitrogen and oxygen atoms in total. The monoisotopic (exact) mass is 266 g/mol. The fourth-order valence-corrected chi connectivity index (χ4v) is 2.48. The fourth-order valence-electron chi connectivity index (χ4n) is 1.73. The molecule has 0 saturated carbocycles. The van der Waals surface area contributed by atoms with Crippen molar-refractivity contribution in [2.24, 2.45) is 11.7 Å². The minimum absolute atomic E-state index is 0.0259. The molecule has 0 aromatic carbocycles. The van der Waals surface area contributed by atoms with E-state index in [1.54, 1.807) is 4.90 Å². The Balaban J connectivity index is 2.11. The van der Waals surface area contributed by atoms with Gasteiger partial charge in [0, 0.05) is 19.1 Å². The number of hydrogen-bond acceptors (Lipinski definition) is 5. The van der Waals surface area contributed by atoms with Gasteiger partial charge in [-0.15, -0.1) is 10.2 Å². The van der Waals surface area contributed by atoms with E-state index in [0.717, 1.165) is 6.42 Å². The normalized spacial score (nSPS) is 26.3. The van der Waals surface area contributed by atoms with E-state index in [1.807, 2.05) is 6.92 Å². The highest BCUT2D eigenvalue weighted by molar-refractivity contribution is 7.15. The summed E-state index contributed by atoms with van der Waals surface area (Å²) in [5.74, 6) is 0.390. The van der Waals surface area contributed by atoms with E-state index in [0.29, 0.717) is 35.5 Å². The van der Waals surface area contributed by atoms with E-state index >= 15 is 0 Å². The molecule has 0 radical (unpaired) electrons. The predicted octanol–water partition coefficient (Wildman–Crippen LogP) is 1.73. The highest BCUT2D eigenvalue weighted by Gasteiger charge is 2.36. The van der Waals surface area contributed by atoms with E-state index in [-0.39, 0.29) is 6.04 Å². The van der Waals surface area contributed by atoms with Crippen LogP contribution in [0.5, 0.6) is 0 Å². The van der Waals surface area contributed by atoms with Crippen molar-refractivity contribution >= 4 is 16.5 Å². The number of nitrogens with zero attached hydrogens (tertiary/aromatic N) is 3. The number of halogens is 3. The van der Waals surface area contributed by atoms with Crippen molar-refractivity contribution in [1.82, 2.24) is 10.2 Å². The molecule has 0 bridgehead atoms. The van der Waals surface area contributed by atoms with Crippen molar-refractivity contribution in [2.75, 3.05) is 18.0 Å². The van der Waals surface area contributed by atoms with Crippen molar-refractivity contribution < 1.29 is 13.2 Å². The first-order valence-corrected chi connectivity index (χ1v) is 6.11. The molecule has 17 heavy (non-hydrogen) atoms. The highest BCUT2D eigenvalue weighted by atomic mass is 32.1. The van der Waals surface area contributed by atoms with Crippen molar-refractivity contribution in [3.63, 3.8) is 0 Å². The van der Waals surface area contributed by atoms with Gasteiger partial charge in [-0.1, -0.05) is 18.3 Å². The second-order valence-corrected chi connectivity index (χ2v) is 5.22. The maximum Gasteiger partial charge on any atom is 0.445 e. The van der Waals surface area contributed by atoms with Crippen molar-refractivity contribution in [2.45, 2.75) is 25.6 Å². The second kappa shape index (κ2) is 4.41. The minimum Gasteiger partial charge on any atom is -0.345 e. The topological polar surface area (TPSA) is 55.0 Å². The summed E-state index contributed by atoms with van der Waals surface area (Å²) in [5, 5.41) is 6.15. The Labute approximate surface area is 101 Å². The summed E-state index contributed by atoms with van der Waals surface area (Å²) in [6, 6.07) is -0.0259. The molecule has 1 saturated heterocycles. The average molecular weight is 266 g/mol. The molecule has 0 spiro atoms. The Bertz CT molecular complexity index is 392. The molecule has 2 atom stereocenters. The van der Waals surface area contributed by atoms with Gasteiger partial charge in [0.15, 0.2) is 0 Å². The fraction of sp³-hybridized carbons (Fsp3) is 0.778.